The first kappa shape index (κ1) is 22.6. The van der Waals surface area contributed by atoms with Crippen LogP contribution in [0.5, 0.6) is 11.5 Å². The van der Waals surface area contributed by atoms with E-state index in [-0.39, 0.29) is 11.8 Å². The maximum Gasteiger partial charge on any atom is 0.255 e. The minimum atomic E-state index is -0.268. The first-order valence-electron chi connectivity index (χ1n) is 10.7. The molecule has 0 fully saturated rings. The van der Waals surface area contributed by atoms with Crippen molar-refractivity contribution in [2.45, 2.75) is 6.61 Å². The molecule has 0 aliphatic rings. The molecule has 0 aliphatic heterocycles. The van der Waals surface area contributed by atoms with Crippen LogP contribution in [0.25, 0.3) is 0 Å². The average molecular weight is 453 g/mol. The summed E-state index contributed by atoms with van der Waals surface area (Å²) in [6.45, 7) is 0.421. The van der Waals surface area contributed by atoms with Gasteiger partial charge in [0, 0.05) is 16.8 Å². The average Bonchev–Trinajstić information content (AvgIpc) is 2.89. The van der Waals surface area contributed by atoms with Crippen molar-refractivity contribution in [1.82, 2.24) is 0 Å². The number of anilines is 2. The number of benzene rings is 4. The number of rotatable bonds is 8. The number of ether oxygens (including phenoxy) is 2. The molecule has 0 heterocycles. The molecule has 0 aromatic heterocycles. The quantitative estimate of drug-likeness (QED) is 0.355. The summed E-state index contributed by atoms with van der Waals surface area (Å²) < 4.78 is 11.0. The lowest BCUT2D eigenvalue weighted by Crippen LogP contribution is -2.14. The number of carbonyl (C=O) groups excluding carboxylic acids is 2. The molecule has 4 aromatic rings. The number of para-hydroxylation sites is 3. The Morgan fingerprint density at radius 2 is 1.26 bits per heavy atom. The lowest BCUT2D eigenvalue weighted by Gasteiger charge is -2.11. The third kappa shape index (κ3) is 5.81. The maximum absolute atomic E-state index is 12.6. The summed E-state index contributed by atoms with van der Waals surface area (Å²) in [4.78, 5) is 25.1. The second-order valence-electron chi connectivity index (χ2n) is 7.48. The molecular formula is C28H24N2O4. The molecule has 170 valence electrons. The highest BCUT2D eigenvalue weighted by atomic mass is 16.5. The Bertz CT molecular complexity index is 1250. The van der Waals surface area contributed by atoms with Crippen LogP contribution >= 0.6 is 0 Å². The van der Waals surface area contributed by atoms with E-state index in [0.29, 0.717) is 34.9 Å². The molecule has 0 radical (unpaired) electrons. The van der Waals surface area contributed by atoms with E-state index in [2.05, 4.69) is 10.6 Å². The SMILES string of the molecule is COc1ccccc1NC(=O)c1ccc(NC(=O)c2ccc(COc3ccccc3)cc2)cc1. The van der Waals surface area contributed by atoms with Gasteiger partial charge in [0.05, 0.1) is 12.8 Å². The van der Waals surface area contributed by atoms with E-state index < -0.39 is 0 Å². The zero-order valence-electron chi connectivity index (χ0n) is 18.7. The lowest BCUT2D eigenvalue weighted by molar-refractivity contribution is 0.101. The van der Waals surface area contributed by atoms with Crippen molar-refractivity contribution in [3.8, 4) is 11.5 Å². The van der Waals surface area contributed by atoms with Crippen LogP contribution in [0.2, 0.25) is 0 Å². The Labute approximate surface area is 198 Å². The molecule has 2 N–H and O–H groups in total. The molecule has 2 amide bonds. The molecule has 0 bridgehead atoms. The Balaban J connectivity index is 1.33. The molecule has 4 rings (SSSR count). The smallest absolute Gasteiger partial charge is 0.255 e. The zero-order chi connectivity index (χ0) is 23.8. The first-order valence-corrected chi connectivity index (χ1v) is 10.7. The number of methoxy groups -OCH3 is 1. The van der Waals surface area contributed by atoms with Gasteiger partial charge in [0.25, 0.3) is 11.8 Å². The highest BCUT2D eigenvalue weighted by molar-refractivity contribution is 6.06. The summed E-state index contributed by atoms with van der Waals surface area (Å²) in [5, 5.41) is 5.68. The molecule has 0 aliphatic carbocycles. The van der Waals surface area contributed by atoms with Gasteiger partial charge in [-0.1, -0.05) is 42.5 Å². The predicted molar refractivity (Wildman–Crippen MR) is 133 cm³/mol. The normalized spacial score (nSPS) is 10.3. The van der Waals surface area contributed by atoms with Crippen molar-refractivity contribution >= 4 is 23.2 Å². The Kier molecular flexibility index (Phi) is 7.20. The minimum absolute atomic E-state index is 0.234. The van der Waals surface area contributed by atoms with Gasteiger partial charge in [0.2, 0.25) is 0 Å². The van der Waals surface area contributed by atoms with Crippen LogP contribution < -0.4 is 20.1 Å². The third-order valence-electron chi connectivity index (χ3n) is 5.12. The molecule has 4 aromatic carbocycles. The van der Waals surface area contributed by atoms with E-state index in [1.54, 1.807) is 55.6 Å². The van der Waals surface area contributed by atoms with E-state index >= 15 is 0 Å². The molecule has 0 saturated heterocycles. The Hall–Kier alpha value is -4.58. The maximum atomic E-state index is 12.6. The first-order chi connectivity index (χ1) is 16.6. The summed E-state index contributed by atoms with van der Waals surface area (Å²) in [6.07, 6.45) is 0. The molecule has 6 heteroatoms. The van der Waals surface area contributed by atoms with Gasteiger partial charge in [-0.15, -0.1) is 0 Å². The number of hydrogen-bond acceptors (Lipinski definition) is 4. The fraction of sp³-hybridized carbons (Fsp3) is 0.0714. The van der Waals surface area contributed by atoms with E-state index in [4.69, 9.17) is 9.47 Å². The monoisotopic (exact) mass is 452 g/mol. The highest BCUT2D eigenvalue weighted by Gasteiger charge is 2.11. The summed E-state index contributed by atoms with van der Waals surface area (Å²) in [6, 6.07) is 30.7. The topological polar surface area (TPSA) is 76.7 Å². The number of nitrogens with one attached hydrogen (secondary N) is 2. The van der Waals surface area contributed by atoms with Crippen molar-refractivity contribution in [1.29, 1.82) is 0 Å². The summed E-state index contributed by atoms with van der Waals surface area (Å²) in [7, 11) is 1.55. The molecule has 0 atom stereocenters. The van der Waals surface area contributed by atoms with E-state index in [0.717, 1.165) is 11.3 Å². The van der Waals surface area contributed by atoms with Crippen LogP contribution in [0.1, 0.15) is 26.3 Å². The van der Waals surface area contributed by atoms with Crippen LogP contribution in [0, 0.1) is 0 Å². The molecule has 0 spiro atoms. The van der Waals surface area contributed by atoms with Gasteiger partial charge < -0.3 is 20.1 Å². The molecule has 34 heavy (non-hydrogen) atoms. The van der Waals surface area contributed by atoms with Gasteiger partial charge in [-0.2, -0.15) is 0 Å². The van der Waals surface area contributed by atoms with Gasteiger partial charge in [-0.05, 0) is 66.2 Å². The second kappa shape index (κ2) is 10.8. The zero-order valence-corrected chi connectivity index (χ0v) is 18.7. The van der Waals surface area contributed by atoms with E-state index in [1.807, 2.05) is 54.6 Å². The van der Waals surface area contributed by atoms with Crippen molar-refractivity contribution in [3.63, 3.8) is 0 Å². The molecule has 6 nitrogen and oxygen atoms in total. The largest absolute Gasteiger partial charge is 0.495 e. The van der Waals surface area contributed by atoms with Crippen molar-refractivity contribution in [2.75, 3.05) is 17.7 Å². The third-order valence-corrected chi connectivity index (χ3v) is 5.12. The second-order valence-corrected chi connectivity index (χ2v) is 7.48. The molecule has 0 unspecified atom stereocenters. The van der Waals surface area contributed by atoms with Gasteiger partial charge in [0.15, 0.2) is 0 Å². The van der Waals surface area contributed by atoms with Crippen LogP contribution in [-0.2, 0) is 6.61 Å². The fourth-order valence-corrected chi connectivity index (χ4v) is 3.29. The number of carbonyl (C=O) groups is 2. The summed E-state index contributed by atoms with van der Waals surface area (Å²) in [5.41, 5.74) is 3.14. The fourth-order valence-electron chi connectivity index (χ4n) is 3.29. The summed E-state index contributed by atoms with van der Waals surface area (Å²) >= 11 is 0. The summed E-state index contributed by atoms with van der Waals surface area (Å²) in [5.74, 6) is 0.874. The highest BCUT2D eigenvalue weighted by Crippen LogP contribution is 2.24. The molecular weight excluding hydrogens is 428 g/mol. The van der Waals surface area contributed by atoms with Gasteiger partial charge >= 0.3 is 0 Å². The predicted octanol–water partition coefficient (Wildman–Crippen LogP) is 5.78. The Morgan fingerprint density at radius 3 is 1.94 bits per heavy atom. The van der Waals surface area contributed by atoms with Crippen LogP contribution in [-0.4, -0.2) is 18.9 Å². The number of amides is 2. The van der Waals surface area contributed by atoms with Crippen molar-refractivity contribution in [3.05, 3.63) is 120 Å². The van der Waals surface area contributed by atoms with Gasteiger partial charge in [0.1, 0.15) is 18.1 Å². The van der Waals surface area contributed by atoms with Crippen LogP contribution in [0.4, 0.5) is 11.4 Å². The molecule has 0 saturated carbocycles. The van der Waals surface area contributed by atoms with Crippen LogP contribution in [0.15, 0.2) is 103 Å². The van der Waals surface area contributed by atoms with E-state index in [9.17, 15) is 9.59 Å². The lowest BCUT2D eigenvalue weighted by atomic mass is 10.1. The van der Waals surface area contributed by atoms with Crippen LogP contribution in [0.3, 0.4) is 0 Å². The van der Waals surface area contributed by atoms with E-state index in [1.165, 1.54) is 0 Å². The van der Waals surface area contributed by atoms with Gasteiger partial charge in [-0.25, -0.2) is 0 Å². The standard InChI is InChI=1S/C28H24N2O4/c1-33-26-10-6-5-9-25(26)30-28(32)22-15-17-23(18-16-22)29-27(31)21-13-11-20(12-14-21)19-34-24-7-3-2-4-8-24/h2-18H,19H2,1H3,(H,29,31)(H,30,32). The van der Waals surface area contributed by atoms with Crippen molar-refractivity contribution < 1.29 is 19.1 Å². The Morgan fingerprint density at radius 1 is 0.676 bits per heavy atom. The minimum Gasteiger partial charge on any atom is -0.495 e. The van der Waals surface area contributed by atoms with Gasteiger partial charge in [-0.3, -0.25) is 9.59 Å². The number of hydrogen-bond donors (Lipinski definition) is 2. The van der Waals surface area contributed by atoms with Crippen molar-refractivity contribution in [2.24, 2.45) is 0 Å².